The van der Waals surface area contributed by atoms with Crippen LogP contribution in [0, 0.1) is 5.92 Å². The monoisotopic (exact) mass is 231 g/mol. The van der Waals surface area contributed by atoms with E-state index in [0.29, 0.717) is 5.92 Å². The maximum atomic E-state index is 5.93. The molecule has 1 fully saturated rings. The van der Waals surface area contributed by atoms with Crippen LogP contribution in [-0.2, 0) is 0 Å². The fraction of sp³-hybridized carbons (Fsp3) is 0.429. The lowest BCUT2D eigenvalue weighted by molar-refractivity contribution is 0.217. The highest BCUT2D eigenvalue weighted by atomic mass is 16.5. The highest BCUT2D eigenvalue weighted by Crippen LogP contribution is 2.27. The first-order chi connectivity index (χ1) is 8.43. The van der Waals surface area contributed by atoms with Crippen molar-refractivity contribution >= 4 is 11.0 Å². The second-order valence-electron chi connectivity index (χ2n) is 4.59. The molecule has 1 N–H and O–H groups in total. The van der Waals surface area contributed by atoms with Crippen LogP contribution in [0.15, 0.2) is 34.9 Å². The van der Waals surface area contributed by atoms with Crippen LogP contribution in [-0.4, -0.2) is 19.7 Å². The van der Waals surface area contributed by atoms with Crippen molar-refractivity contribution in [1.82, 2.24) is 5.32 Å². The van der Waals surface area contributed by atoms with E-state index in [1.807, 2.05) is 24.3 Å². The van der Waals surface area contributed by atoms with Gasteiger partial charge in [0.2, 0.25) is 0 Å². The normalized spacial score (nSPS) is 17.4. The molecule has 3 nitrogen and oxygen atoms in total. The molecule has 1 aromatic carbocycles. The van der Waals surface area contributed by atoms with Gasteiger partial charge in [0.05, 0.1) is 18.3 Å². The molecule has 1 aliphatic heterocycles. The Morgan fingerprint density at radius 2 is 2.12 bits per heavy atom. The minimum atomic E-state index is 0.679. The minimum Gasteiger partial charge on any atom is -0.493 e. The molecule has 3 rings (SSSR count). The summed E-state index contributed by atoms with van der Waals surface area (Å²) in [5, 5.41) is 4.44. The van der Waals surface area contributed by atoms with Gasteiger partial charge in [-0.3, -0.25) is 0 Å². The van der Waals surface area contributed by atoms with Crippen molar-refractivity contribution < 1.29 is 9.15 Å². The molecule has 17 heavy (non-hydrogen) atoms. The lowest BCUT2D eigenvalue weighted by Crippen LogP contribution is -2.30. The third kappa shape index (κ3) is 2.29. The summed E-state index contributed by atoms with van der Waals surface area (Å²) in [6, 6.07) is 7.92. The van der Waals surface area contributed by atoms with E-state index in [0.717, 1.165) is 36.4 Å². The average Bonchev–Trinajstić information content (AvgIpc) is 2.86. The summed E-state index contributed by atoms with van der Waals surface area (Å²) < 4.78 is 11.3. The van der Waals surface area contributed by atoms with Gasteiger partial charge >= 0.3 is 0 Å². The van der Waals surface area contributed by atoms with Gasteiger partial charge in [-0.15, -0.1) is 0 Å². The predicted molar refractivity (Wildman–Crippen MR) is 67.3 cm³/mol. The number of furan rings is 1. The molecule has 1 saturated heterocycles. The van der Waals surface area contributed by atoms with Crippen molar-refractivity contribution in [3.8, 4) is 5.75 Å². The maximum Gasteiger partial charge on any atom is 0.137 e. The van der Waals surface area contributed by atoms with Crippen LogP contribution in [0.4, 0.5) is 0 Å². The first kappa shape index (κ1) is 10.7. The van der Waals surface area contributed by atoms with E-state index in [4.69, 9.17) is 9.15 Å². The standard InChI is InChI=1S/C14H17NO2/c1-2-13-12(6-9-16-13)14(3-1)17-10-11-4-7-15-8-5-11/h1-3,6,9,11,15H,4-5,7-8,10H2. The highest BCUT2D eigenvalue weighted by molar-refractivity contribution is 5.83. The Kier molecular flexibility index (Phi) is 3.01. The average molecular weight is 231 g/mol. The summed E-state index contributed by atoms with van der Waals surface area (Å²) in [6.45, 7) is 3.04. The zero-order chi connectivity index (χ0) is 11.5. The Hall–Kier alpha value is -1.48. The van der Waals surface area contributed by atoms with Gasteiger partial charge < -0.3 is 14.5 Å². The molecule has 0 unspecified atom stereocenters. The largest absolute Gasteiger partial charge is 0.493 e. The molecular formula is C14H17NO2. The van der Waals surface area contributed by atoms with Gasteiger partial charge in [0.15, 0.2) is 0 Å². The molecule has 1 aliphatic rings. The molecule has 90 valence electrons. The number of benzene rings is 1. The maximum absolute atomic E-state index is 5.93. The molecule has 0 bridgehead atoms. The Bertz CT molecular complexity index is 486. The number of hydrogen-bond acceptors (Lipinski definition) is 3. The third-order valence-corrected chi connectivity index (χ3v) is 3.39. The summed E-state index contributed by atoms with van der Waals surface area (Å²) >= 11 is 0. The number of fused-ring (bicyclic) bond motifs is 1. The van der Waals surface area contributed by atoms with Gasteiger partial charge in [-0.2, -0.15) is 0 Å². The predicted octanol–water partition coefficient (Wildman–Crippen LogP) is 2.81. The van der Waals surface area contributed by atoms with E-state index in [1.165, 1.54) is 12.8 Å². The summed E-state index contributed by atoms with van der Waals surface area (Å²) in [5.74, 6) is 1.62. The molecule has 0 aliphatic carbocycles. The number of piperidine rings is 1. The third-order valence-electron chi connectivity index (χ3n) is 3.39. The molecule has 0 saturated carbocycles. The lowest BCUT2D eigenvalue weighted by atomic mass is 9.99. The van der Waals surface area contributed by atoms with E-state index < -0.39 is 0 Å². The second-order valence-corrected chi connectivity index (χ2v) is 4.59. The first-order valence-corrected chi connectivity index (χ1v) is 6.23. The lowest BCUT2D eigenvalue weighted by Gasteiger charge is -2.22. The summed E-state index contributed by atoms with van der Waals surface area (Å²) in [7, 11) is 0. The fourth-order valence-electron chi connectivity index (χ4n) is 2.35. The first-order valence-electron chi connectivity index (χ1n) is 6.23. The fourth-order valence-corrected chi connectivity index (χ4v) is 2.35. The minimum absolute atomic E-state index is 0.679. The molecule has 0 amide bonds. The van der Waals surface area contributed by atoms with Crippen LogP contribution >= 0.6 is 0 Å². The molecule has 1 aromatic heterocycles. The van der Waals surface area contributed by atoms with Crippen LogP contribution in [0.5, 0.6) is 5.75 Å². The second kappa shape index (κ2) is 4.80. The van der Waals surface area contributed by atoms with E-state index >= 15 is 0 Å². The summed E-state index contributed by atoms with van der Waals surface area (Å²) in [4.78, 5) is 0. The highest BCUT2D eigenvalue weighted by Gasteiger charge is 2.14. The molecule has 0 atom stereocenters. The van der Waals surface area contributed by atoms with Crippen molar-refractivity contribution in [2.75, 3.05) is 19.7 Å². The van der Waals surface area contributed by atoms with Crippen LogP contribution in [0.25, 0.3) is 11.0 Å². The number of hydrogen-bond donors (Lipinski definition) is 1. The van der Waals surface area contributed by atoms with E-state index in [2.05, 4.69) is 5.32 Å². The topological polar surface area (TPSA) is 34.4 Å². The van der Waals surface area contributed by atoms with Crippen LogP contribution in [0.3, 0.4) is 0 Å². The van der Waals surface area contributed by atoms with Gasteiger partial charge in [0, 0.05) is 0 Å². The van der Waals surface area contributed by atoms with Crippen molar-refractivity contribution in [3.63, 3.8) is 0 Å². The van der Waals surface area contributed by atoms with Gasteiger partial charge in [-0.05, 0) is 50.0 Å². The van der Waals surface area contributed by atoms with Crippen molar-refractivity contribution in [2.24, 2.45) is 5.92 Å². The molecule has 3 heteroatoms. The Balaban J connectivity index is 1.69. The van der Waals surface area contributed by atoms with Crippen molar-refractivity contribution in [1.29, 1.82) is 0 Å². The van der Waals surface area contributed by atoms with Crippen LogP contribution in [0.2, 0.25) is 0 Å². The zero-order valence-electron chi connectivity index (χ0n) is 9.82. The van der Waals surface area contributed by atoms with E-state index in [-0.39, 0.29) is 0 Å². The van der Waals surface area contributed by atoms with Crippen LogP contribution < -0.4 is 10.1 Å². The molecule has 0 radical (unpaired) electrons. The smallest absolute Gasteiger partial charge is 0.137 e. The molecule has 0 spiro atoms. The van der Waals surface area contributed by atoms with E-state index in [9.17, 15) is 0 Å². The molecule has 2 heterocycles. The zero-order valence-corrected chi connectivity index (χ0v) is 9.82. The van der Waals surface area contributed by atoms with Gasteiger partial charge in [0.25, 0.3) is 0 Å². The number of rotatable bonds is 3. The van der Waals surface area contributed by atoms with Gasteiger partial charge in [-0.1, -0.05) is 6.07 Å². The van der Waals surface area contributed by atoms with E-state index in [1.54, 1.807) is 6.26 Å². The summed E-state index contributed by atoms with van der Waals surface area (Å²) in [5.41, 5.74) is 0.896. The van der Waals surface area contributed by atoms with Crippen molar-refractivity contribution in [2.45, 2.75) is 12.8 Å². The SMILES string of the molecule is c1cc(OCC2CCNCC2)c2ccoc2c1. The Morgan fingerprint density at radius 1 is 1.24 bits per heavy atom. The van der Waals surface area contributed by atoms with Gasteiger partial charge in [-0.25, -0.2) is 0 Å². The molecular weight excluding hydrogens is 214 g/mol. The van der Waals surface area contributed by atoms with Crippen LogP contribution in [0.1, 0.15) is 12.8 Å². The number of nitrogens with one attached hydrogen (secondary N) is 1. The van der Waals surface area contributed by atoms with Crippen molar-refractivity contribution in [3.05, 3.63) is 30.5 Å². The summed E-state index contributed by atoms with van der Waals surface area (Å²) in [6.07, 6.45) is 4.13. The Labute approximate surface area is 101 Å². The van der Waals surface area contributed by atoms with Gasteiger partial charge in [0.1, 0.15) is 11.3 Å². The molecule has 2 aromatic rings. The number of ether oxygens (including phenoxy) is 1. The quantitative estimate of drug-likeness (QED) is 0.882. The Morgan fingerprint density at radius 3 is 3.00 bits per heavy atom.